The molecule has 3 aromatic rings. The van der Waals surface area contributed by atoms with E-state index in [1.54, 1.807) is 26.2 Å². The molecule has 176 valence electrons. The first-order valence-electron chi connectivity index (χ1n) is 11.1. The molecule has 3 rings (SSSR count). The lowest BCUT2D eigenvalue weighted by Gasteiger charge is -2.19. The number of likely N-dealkylation sites (N-methyl/N-ethyl adjacent to an activating group) is 1. The first-order chi connectivity index (χ1) is 16.1. The number of fused-ring (bicyclic) bond motifs is 1. The van der Waals surface area contributed by atoms with E-state index in [9.17, 15) is 4.79 Å². The predicted molar refractivity (Wildman–Crippen MR) is 130 cm³/mol. The fourth-order valence-electron chi connectivity index (χ4n) is 3.32. The van der Waals surface area contributed by atoms with E-state index in [1.165, 1.54) is 6.33 Å². The van der Waals surface area contributed by atoms with Crippen molar-refractivity contribution >= 4 is 34.2 Å². The van der Waals surface area contributed by atoms with Crippen LogP contribution < -0.4 is 20.1 Å². The average molecular weight is 454 g/mol. The van der Waals surface area contributed by atoms with E-state index in [0.717, 1.165) is 36.2 Å². The molecule has 0 saturated heterocycles. The number of carbonyl (C=O) groups is 1. The van der Waals surface area contributed by atoms with Crippen molar-refractivity contribution in [2.45, 2.75) is 20.8 Å². The number of amides is 1. The summed E-state index contributed by atoms with van der Waals surface area (Å²) in [6.07, 6.45) is 1.02. The lowest BCUT2D eigenvalue weighted by Crippen LogP contribution is -2.27. The Bertz CT molecular complexity index is 1050. The molecule has 33 heavy (non-hydrogen) atoms. The minimum absolute atomic E-state index is 0.318. The second-order valence-electron chi connectivity index (χ2n) is 7.17. The van der Waals surface area contributed by atoms with Crippen LogP contribution in [0.1, 0.15) is 20.8 Å². The summed E-state index contributed by atoms with van der Waals surface area (Å²) in [5.41, 5.74) is 2.19. The summed E-state index contributed by atoms with van der Waals surface area (Å²) in [5.74, 6) is 1.91. The monoisotopic (exact) mass is 453 g/mol. The zero-order valence-corrected chi connectivity index (χ0v) is 19.6. The number of hydrogen-bond donors (Lipinski definition) is 2. The first kappa shape index (κ1) is 24.1. The van der Waals surface area contributed by atoms with E-state index in [0.29, 0.717) is 36.2 Å². The van der Waals surface area contributed by atoms with Crippen LogP contribution in [0.4, 0.5) is 22.0 Å². The summed E-state index contributed by atoms with van der Waals surface area (Å²) in [7, 11) is 1.62. The maximum absolute atomic E-state index is 11.6. The lowest BCUT2D eigenvalue weighted by molar-refractivity contribution is 0.168. The molecule has 0 radical (unpaired) electrons. The summed E-state index contributed by atoms with van der Waals surface area (Å²) in [5, 5.41) is 6.79. The normalized spacial score (nSPS) is 10.8. The largest absolute Gasteiger partial charge is 0.493 e. The third-order valence-corrected chi connectivity index (χ3v) is 5.15. The van der Waals surface area contributed by atoms with Crippen molar-refractivity contribution in [2.24, 2.45) is 0 Å². The Kier molecular flexibility index (Phi) is 8.65. The van der Waals surface area contributed by atoms with E-state index >= 15 is 0 Å². The second kappa shape index (κ2) is 11.9. The predicted octanol–water partition coefficient (Wildman–Crippen LogP) is 4.67. The lowest BCUT2D eigenvalue weighted by atomic mass is 10.2. The number of anilines is 3. The van der Waals surface area contributed by atoms with E-state index in [4.69, 9.17) is 14.2 Å². The summed E-state index contributed by atoms with van der Waals surface area (Å²) in [4.78, 5) is 22.7. The van der Waals surface area contributed by atoms with Gasteiger partial charge < -0.3 is 24.4 Å². The average Bonchev–Trinajstić information content (AvgIpc) is 2.83. The van der Waals surface area contributed by atoms with Crippen molar-refractivity contribution in [1.82, 2.24) is 14.9 Å². The molecule has 0 atom stereocenters. The summed E-state index contributed by atoms with van der Waals surface area (Å²) < 4.78 is 16.5. The molecule has 0 bridgehead atoms. The Morgan fingerprint density at radius 1 is 1.00 bits per heavy atom. The van der Waals surface area contributed by atoms with Crippen LogP contribution in [0.15, 0.2) is 42.7 Å². The fraction of sp³-hybridized carbons (Fsp3) is 0.375. The standard InChI is InChI=1S/C24H31N5O4/c1-5-29(6-2)12-13-33-22-14-19-20(15-21(22)31-4)25-16-26-23(19)27-17-8-10-18(11-9-17)28-24(30)32-7-3/h8-11,14-16H,5-7,12-13H2,1-4H3,(H,28,30)(H,25,26,27). The van der Waals surface area contributed by atoms with E-state index in [-0.39, 0.29) is 0 Å². The van der Waals surface area contributed by atoms with Crippen LogP contribution in [0.3, 0.4) is 0 Å². The molecule has 1 heterocycles. The molecule has 0 spiro atoms. The van der Waals surface area contributed by atoms with Gasteiger partial charge in [-0.05, 0) is 50.3 Å². The van der Waals surface area contributed by atoms with Crippen molar-refractivity contribution in [2.75, 3.05) is 50.6 Å². The first-order valence-corrected chi connectivity index (χ1v) is 11.1. The van der Waals surface area contributed by atoms with Crippen molar-refractivity contribution in [1.29, 1.82) is 0 Å². The molecule has 2 aromatic carbocycles. The van der Waals surface area contributed by atoms with Crippen LogP contribution in [-0.2, 0) is 4.74 Å². The van der Waals surface area contributed by atoms with Gasteiger partial charge in [0.25, 0.3) is 0 Å². The van der Waals surface area contributed by atoms with Gasteiger partial charge in [-0.15, -0.1) is 0 Å². The van der Waals surface area contributed by atoms with Crippen LogP contribution in [0.5, 0.6) is 11.5 Å². The molecule has 1 aromatic heterocycles. The fourth-order valence-corrected chi connectivity index (χ4v) is 3.32. The van der Waals surface area contributed by atoms with Crippen LogP contribution >= 0.6 is 0 Å². The number of carbonyl (C=O) groups excluding carboxylic acids is 1. The van der Waals surface area contributed by atoms with Gasteiger partial charge in [-0.2, -0.15) is 0 Å². The Morgan fingerprint density at radius 2 is 1.73 bits per heavy atom. The van der Waals surface area contributed by atoms with Gasteiger partial charge in [-0.3, -0.25) is 5.32 Å². The SMILES string of the molecule is CCOC(=O)Nc1ccc(Nc2ncnc3cc(OC)c(OCCN(CC)CC)cc23)cc1. The molecule has 2 N–H and O–H groups in total. The quantitative estimate of drug-likeness (QED) is 0.432. The van der Waals surface area contributed by atoms with Crippen molar-refractivity contribution in [3.8, 4) is 11.5 Å². The van der Waals surface area contributed by atoms with Crippen LogP contribution in [0.25, 0.3) is 10.9 Å². The van der Waals surface area contributed by atoms with Gasteiger partial charge >= 0.3 is 6.09 Å². The zero-order chi connectivity index (χ0) is 23.6. The number of ether oxygens (including phenoxy) is 3. The number of rotatable bonds is 11. The molecule has 0 aliphatic carbocycles. The molecule has 0 saturated carbocycles. The third-order valence-electron chi connectivity index (χ3n) is 5.15. The molecule has 1 amide bonds. The zero-order valence-electron chi connectivity index (χ0n) is 19.6. The smallest absolute Gasteiger partial charge is 0.411 e. The summed E-state index contributed by atoms with van der Waals surface area (Å²) >= 11 is 0. The Labute approximate surface area is 194 Å². The number of benzene rings is 2. The maximum Gasteiger partial charge on any atom is 0.411 e. The number of nitrogens with one attached hydrogen (secondary N) is 2. The topological polar surface area (TPSA) is 97.8 Å². The molecular formula is C24H31N5O4. The van der Waals surface area contributed by atoms with Gasteiger partial charge in [0.15, 0.2) is 11.5 Å². The van der Waals surface area contributed by atoms with Crippen molar-refractivity contribution in [3.63, 3.8) is 0 Å². The third kappa shape index (κ3) is 6.45. The molecule has 9 nitrogen and oxygen atoms in total. The minimum Gasteiger partial charge on any atom is -0.493 e. The Balaban J connectivity index is 1.79. The Hall–Kier alpha value is -3.59. The number of methoxy groups -OCH3 is 1. The van der Waals surface area contributed by atoms with Gasteiger partial charge in [0.2, 0.25) is 0 Å². The van der Waals surface area contributed by atoms with E-state index in [2.05, 4.69) is 39.3 Å². The van der Waals surface area contributed by atoms with Gasteiger partial charge in [0.05, 0.1) is 19.2 Å². The van der Waals surface area contributed by atoms with Crippen molar-refractivity contribution < 1.29 is 19.0 Å². The van der Waals surface area contributed by atoms with Crippen LogP contribution in [-0.4, -0.2) is 60.9 Å². The van der Waals surface area contributed by atoms with Crippen LogP contribution in [0.2, 0.25) is 0 Å². The van der Waals surface area contributed by atoms with Crippen LogP contribution in [0, 0.1) is 0 Å². The van der Waals surface area contributed by atoms with Crippen molar-refractivity contribution in [3.05, 3.63) is 42.7 Å². The highest BCUT2D eigenvalue weighted by Gasteiger charge is 2.13. The Morgan fingerprint density at radius 3 is 2.39 bits per heavy atom. The minimum atomic E-state index is -0.484. The number of nitrogens with zero attached hydrogens (tertiary/aromatic N) is 3. The number of hydrogen-bond acceptors (Lipinski definition) is 8. The van der Waals surface area contributed by atoms with E-state index < -0.39 is 6.09 Å². The maximum atomic E-state index is 11.6. The van der Waals surface area contributed by atoms with Gasteiger partial charge in [-0.25, -0.2) is 14.8 Å². The highest BCUT2D eigenvalue weighted by molar-refractivity contribution is 5.93. The number of aromatic nitrogens is 2. The summed E-state index contributed by atoms with van der Waals surface area (Å²) in [6.45, 7) is 9.68. The van der Waals surface area contributed by atoms with Gasteiger partial charge in [0, 0.05) is 29.4 Å². The van der Waals surface area contributed by atoms with Gasteiger partial charge in [0.1, 0.15) is 18.8 Å². The molecule has 0 aliphatic heterocycles. The summed E-state index contributed by atoms with van der Waals surface area (Å²) in [6, 6.07) is 11.0. The highest BCUT2D eigenvalue weighted by atomic mass is 16.5. The second-order valence-corrected chi connectivity index (χ2v) is 7.17. The van der Waals surface area contributed by atoms with Gasteiger partial charge in [-0.1, -0.05) is 13.8 Å². The molecule has 0 fully saturated rings. The molecule has 0 aliphatic rings. The highest BCUT2D eigenvalue weighted by Crippen LogP contribution is 2.34. The molecule has 0 unspecified atom stereocenters. The van der Waals surface area contributed by atoms with E-state index in [1.807, 2.05) is 24.3 Å². The molecule has 9 heteroatoms. The molecular weight excluding hydrogens is 422 g/mol.